The molecule has 2 unspecified atom stereocenters. The summed E-state index contributed by atoms with van der Waals surface area (Å²) in [6, 6.07) is 56.0. The monoisotopic (exact) mass is 568 g/mol. The molecule has 44 heavy (non-hydrogen) atoms. The molecule has 4 nitrogen and oxygen atoms in total. The normalized spacial score (nSPS) is 17.0. The van der Waals surface area contributed by atoms with Gasteiger partial charge in [-0.05, 0) is 53.6 Å². The zero-order chi connectivity index (χ0) is 29.5. The number of hydrogen-bond donors (Lipinski definition) is 1. The molecule has 1 aromatic heterocycles. The molecule has 7 aromatic rings. The van der Waals surface area contributed by atoms with E-state index in [1.165, 1.54) is 44.1 Å². The van der Waals surface area contributed by atoms with Crippen LogP contribution in [0.4, 0.5) is 0 Å². The molecule has 0 saturated carbocycles. The zero-order valence-electron chi connectivity index (χ0n) is 24.5. The van der Waals surface area contributed by atoms with E-state index in [1.54, 1.807) is 0 Å². The number of rotatable bonds is 5. The molecule has 0 saturated heterocycles. The van der Waals surface area contributed by atoms with Gasteiger partial charge in [-0.25, -0.2) is 4.99 Å². The van der Waals surface area contributed by atoms with E-state index in [0.29, 0.717) is 0 Å². The molecule has 6 aromatic carbocycles. The van der Waals surface area contributed by atoms with Gasteiger partial charge in [-0.2, -0.15) is 0 Å². The fourth-order valence-corrected chi connectivity index (χ4v) is 6.52. The minimum atomic E-state index is -0.122. The van der Waals surface area contributed by atoms with Crippen LogP contribution in [0.15, 0.2) is 163 Å². The summed E-state index contributed by atoms with van der Waals surface area (Å²) >= 11 is 0. The van der Waals surface area contributed by atoms with Crippen LogP contribution in [-0.2, 0) is 0 Å². The van der Waals surface area contributed by atoms with Crippen molar-refractivity contribution >= 4 is 27.6 Å². The highest BCUT2D eigenvalue weighted by molar-refractivity contribution is 6.10. The Kier molecular flexibility index (Phi) is 6.55. The molecule has 1 aliphatic heterocycles. The maximum Gasteiger partial charge on any atom is 0.132 e. The summed E-state index contributed by atoms with van der Waals surface area (Å²) in [5.41, 5.74) is 9.33. The van der Waals surface area contributed by atoms with Gasteiger partial charge in [0.25, 0.3) is 0 Å². The van der Waals surface area contributed by atoms with Crippen molar-refractivity contribution in [2.24, 2.45) is 4.99 Å². The van der Waals surface area contributed by atoms with E-state index in [-0.39, 0.29) is 12.3 Å². The molecular formula is C40H32N4. The van der Waals surface area contributed by atoms with E-state index in [2.05, 4.69) is 180 Å². The summed E-state index contributed by atoms with van der Waals surface area (Å²) in [4.78, 5) is 7.60. The quantitative estimate of drug-likeness (QED) is 0.225. The molecule has 0 spiro atoms. The second-order valence-electron chi connectivity index (χ2n) is 11.4. The second-order valence-corrected chi connectivity index (χ2v) is 11.4. The SMILES string of the molecule is CN1C(c2ccccc2)N=C(c2cccc(-n3c4ccccc4c4ccc(-c5ccccc5)cc43)c2)NC1c1ccccc1. The van der Waals surface area contributed by atoms with Crippen molar-refractivity contribution in [1.82, 2.24) is 14.8 Å². The molecule has 0 bridgehead atoms. The molecule has 0 aliphatic carbocycles. The summed E-state index contributed by atoms with van der Waals surface area (Å²) in [6.07, 6.45) is -0.151. The first-order valence-corrected chi connectivity index (χ1v) is 15.1. The van der Waals surface area contributed by atoms with E-state index < -0.39 is 0 Å². The number of amidine groups is 1. The van der Waals surface area contributed by atoms with Crippen molar-refractivity contribution in [3.05, 3.63) is 174 Å². The number of benzene rings is 6. The van der Waals surface area contributed by atoms with Crippen molar-refractivity contribution < 1.29 is 0 Å². The third-order valence-electron chi connectivity index (χ3n) is 8.69. The standard InChI is InChI=1S/C40H32N4/c1-43-39(29-16-7-3-8-17-29)41-38(42-40(43)30-18-9-4-10-19-30)32-20-13-21-33(26-32)44-36-23-12-11-22-34(36)35-25-24-31(27-37(35)44)28-14-5-2-6-15-28/h2-27,39-40H,1H3,(H,41,42). The fourth-order valence-electron chi connectivity index (χ4n) is 6.52. The molecule has 4 heteroatoms. The van der Waals surface area contributed by atoms with Crippen LogP contribution in [0.1, 0.15) is 29.0 Å². The number of hydrogen-bond acceptors (Lipinski definition) is 3. The van der Waals surface area contributed by atoms with Crippen LogP contribution in [-0.4, -0.2) is 22.4 Å². The molecule has 212 valence electrons. The average molecular weight is 569 g/mol. The first kappa shape index (κ1) is 26.2. The Morgan fingerprint density at radius 1 is 0.523 bits per heavy atom. The summed E-state index contributed by atoms with van der Waals surface area (Å²) in [5.74, 6) is 0.887. The Labute approximate surface area is 257 Å². The molecule has 2 heterocycles. The number of para-hydroxylation sites is 1. The van der Waals surface area contributed by atoms with Crippen LogP contribution in [0, 0.1) is 0 Å². The largest absolute Gasteiger partial charge is 0.350 e. The highest BCUT2D eigenvalue weighted by Gasteiger charge is 2.31. The fraction of sp³-hybridized carbons (Fsp3) is 0.0750. The van der Waals surface area contributed by atoms with Gasteiger partial charge < -0.3 is 9.88 Å². The Bertz CT molecular complexity index is 2110. The van der Waals surface area contributed by atoms with Gasteiger partial charge in [-0.1, -0.05) is 133 Å². The molecule has 8 rings (SSSR count). The topological polar surface area (TPSA) is 32.6 Å². The van der Waals surface area contributed by atoms with Crippen LogP contribution in [0.3, 0.4) is 0 Å². The smallest absolute Gasteiger partial charge is 0.132 e. The molecule has 0 fully saturated rings. The molecule has 0 amide bonds. The Hall–Kier alpha value is -5.45. The van der Waals surface area contributed by atoms with E-state index in [1.807, 2.05) is 0 Å². The number of nitrogens with zero attached hydrogens (tertiary/aromatic N) is 3. The van der Waals surface area contributed by atoms with Gasteiger partial charge in [0.2, 0.25) is 0 Å². The van der Waals surface area contributed by atoms with Gasteiger partial charge in [0.1, 0.15) is 18.2 Å². The third-order valence-corrected chi connectivity index (χ3v) is 8.69. The first-order chi connectivity index (χ1) is 21.7. The van der Waals surface area contributed by atoms with Crippen molar-refractivity contribution in [1.29, 1.82) is 0 Å². The summed E-state index contributed by atoms with van der Waals surface area (Å²) in [7, 11) is 2.14. The minimum absolute atomic E-state index is 0.0285. The minimum Gasteiger partial charge on any atom is -0.350 e. The number of fused-ring (bicyclic) bond motifs is 3. The number of aromatic nitrogens is 1. The number of aliphatic imine (C=N–C) groups is 1. The van der Waals surface area contributed by atoms with Crippen LogP contribution >= 0.6 is 0 Å². The predicted octanol–water partition coefficient (Wildman–Crippen LogP) is 9.13. The average Bonchev–Trinajstić information content (AvgIpc) is 3.43. The van der Waals surface area contributed by atoms with Crippen molar-refractivity contribution in [2.75, 3.05) is 7.05 Å². The maximum atomic E-state index is 5.30. The van der Waals surface area contributed by atoms with E-state index in [0.717, 1.165) is 17.1 Å². The molecule has 1 aliphatic rings. The van der Waals surface area contributed by atoms with Gasteiger partial charge in [0.05, 0.1) is 11.0 Å². The van der Waals surface area contributed by atoms with Crippen molar-refractivity contribution in [3.63, 3.8) is 0 Å². The molecule has 2 atom stereocenters. The molecular weight excluding hydrogens is 536 g/mol. The lowest BCUT2D eigenvalue weighted by atomic mass is 10.0. The molecule has 0 radical (unpaired) electrons. The van der Waals surface area contributed by atoms with Crippen LogP contribution in [0.2, 0.25) is 0 Å². The van der Waals surface area contributed by atoms with Crippen LogP contribution in [0.25, 0.3) is 38.6 Å². The second kappa shape index (κ2) is 11.0. The van der Waals surface area contributed by atoms with Gasteiger partial charge in [0.15, 0.2) is 0 Å². The lowest BCUT2D eigenvalue weighted by Crippen LogP contribution is -2.45. The zero-order valence-corrected chi connectivity index (χ0v) is 24.5. The van der Waals surface area contributed by atoms with Crippen LogP contribution < -0.4 is 5.32 Å². The summed E-state index contributed by atoms with van der Waals surface area (Å²) in [5, 5.41) is 6.27. The highest BCUT2D eigenvalue weighted by Crippen LogP contribution is 2.36. The Morgan fingerprint density at radius 3 is 1.93 bits per heavy atom. The lowest BCUT2D eigenvalue weighted by Gasteiger charge is -2.39. The summed E-state index contributed by atoms with van der Waals surface area (Å²) < 4.78 is 2.39. The Morgan fingerprint density at radius 2 is 1.16 bits per heavy atom. The summed E-state index contributed by atoms with van der Waals surface area (Å²) in [6.45, 7) is 0. The predicted molar refractivity (Wildman–Crippen MR) is 182 cm³/mol. The van der Waals surface area contributed by atoms with Crippen molar-refractivity contribution in [3.8, 4) is 16.8 Å². The molecule has 1 N–H and O–H groups in total. The third kappa shape index (κ3) is 4.57. The van der Waals surface area contributed by atoms with Gasteiger partial charge in [0, 0.05) is 22.0 Å². The van der Waals surface area contributed by atoms with E-state index in [4.69, 9.17) is 4.99 Å². The van der Waals surface area contributed by atoms with Crippen molar-refractivity contribution in [2.45, 2.75) is 12.3 Å². The first-order valence-electron chi connectivity index (χ1n) is 15.1. The van der Waals surface area contributed by atoms with E-state index in [9.17, 15) is 0 Å². The Balaban J connectivity index is 1.28. The highest BCUT2D eigenvalue weighted by atomic mass is 15.4. The van der Waals surface area contributed by atoms with E-state index >= 15 is 0 Å². The van der Waals surface area contributed by atoms with Gasteiger partial charge in [-0.3, -0.25) is 4.90 Å². The van der Waals surface area contributed by atoms with Gasteiger partial charge >= 0.3 is 0 Å². The lowest BCUT2D eigenvalue weighted by molar-refractivity contribution is 0.152. The van der Waals surface area contributed by atoms with Crippen LogP contribution in [0.5, 0.6) is 0 Å². The number of nitrogens with one attached hydrogen (secondary N) is 1. The maximum absolute atomic E-state index is 5.30. The van der Waals surface area contributed by atoms with Gasteiger partial charge in [-0.15, -0.1) is 0 Å².